The molecule has 0 spiro atoms. The summed E-state index contributed by atoms with van der Waals surface area (Å²) in [5, 5.41) is 31.5. The average Bonchev–Trinajstić information content (AvgIpc) is 3.65. The van der Waals surface area contributed by atoms with Gasteiger partial charge in [-0.05, 0) is 51.4 Å². The first-order valence-electron chi connectivity index (χ1n) is 16.2. The van der Waals surface area contributed by atoms with Crippen LogP contribution in [0.1, 0.15) is 57.3 Å². The Balaban J connectivity index is 0.000000195. The first-order valence-corrected chi connectivity index (χ1v) is 16.6. The Morgan fingerprint density at radius 2 is 1.19 bits per heavy atom. The molecule has 2 amide bonds. The summed E-state index contributed by atoms with van der Waals surface area (Å²) < 4.78 is 3.19. The molecular weight excluding hydrogens is 715 g/mol. The van der Waals surface area contributed by atoms with Gasteiger partial charge in [0, 0.05) is 54.1 Å². The fraction of sp³-hybridized carbons (Fsp3) is 0.167. The molecular formula is C36H36BClN10O6. The molecule has 54 heavy (non-hydrogen) atoms. The third-order valence-electron chi connectivity index (χ3n) is 7.07. The largest absolute Gasteiger partial charge is 0.488 e. The molecule has 0 saturated heterocycles. The number of rotatable bonds is 8. The van der Waals surface area contributed by atoms with Gasteiger partial charge in [0.15, 0.2) is 0 Å². The van der Waals surface area contributed by atoms with E-state index in [0.717, 1.165) is 34.6 Å². The molecule has 2 aromatic carbocycles. The van der Waals surface area contributed by atoms with E-state index in [1.807, 2.05) is 45.9 Å². The quantitative estimate of drug-likeness (QED) is 0.0992. The van der Waals surface area contributed by atoms with Gasteiger partial charge < -0.3 is 20.7 Å². The number of aryl methyl sites for hydroxylation is 4. The van der Waals surface area contributed by atoms with Gasteiger partial charge in [0.25, 0.3) is 11.9 Å². The molecule has 0 bridgehead atoms. The number of aromatic nitrogens is 8. The van der Waals surface area contributed by atoms with Crippen LogP contribution in [0.15, 0.2) is 72.8 Å². The lowest BCUT2D eigenvalue weighted by atomic mass is 9.80. The first kappa shape index (κ1) is 40.3. The minimum atomic E-state index is -1.50. The summed E-state index contributed by atoms with van der Waals surface area (Å²) in [6.07, 6.45) is 1.44. The fourth-order valence-electron chi connectivity index (χ4n) is 4.89. The van der Waals surface area contributed by atoms with E-state index >= 15 is 0 Å². The normalized spacial score (nSPS) is 10.2. The Hall–Kier alpha value is -6.43. The summed E-state index contributed by atoms with van der Waals surface area (Å²) in [6, 6.07) is 20.2. The zero-order chi connectivity index (χ0) is 39.5. The Bertz CT molecular complexity index is 2310. The van der Waals surface area contributed by atoms with Crippen LogP contribution in [0.2, 0.25) is 5.15 Å². The summed E-state index contributed by atoms with van der Waals surface area (Å²) >= 11 is 5.90. The van der Waals surface area contributed by atoms with Gasteiger partial charge in [-0.15, -0.1) is 0 Å². The van der Waals surface area contributed by atoms with Gasteiger partial charge in [-0.3, -0.25) is 19.2 Å². The van der Waals surface area contributed by atoms with Crippen molar-refractivity contribution in [3.63, 3.8) is 0 Å². The molecule has 16 nitrogen and oxygen atoms in total. The standard InChI is InChI=1S/C18H17N5O2.C11H12ClN5O.C7H7BO3/c1-11-7-12(2)23(22-11)18-20-16(9-17(21-18)19-13(3)25)15-6-4-5-14(8-15)10-24;1-6-4-7(2)17(16-6)11-14-9(12)5-10(15-11)13-8(3)18;9-5-6-2-1-3-7(4-6)8(10)11/h4-10H,1-3H3,(H,19,20,21,25);4-5H,1-3H3,(H,13,14,15,18);1-5,10-11H. The summed E-state index contributed by atoms with van der Waals surface area (Å²) in [6.45, 7) is 10.4. The highest BCUT2D eigenvalue weighted by Gasteiger charge is 2.14. The van der Waals surface area contributed by atoms with Crippen molar-refractivity contribution in [2.75, 3.05) is 10.6 Å². The molecule has 0 atom stereocenters. The first-order chi connectivity index (χ1) is 25.6. The maximum absolute atomic E-state index is 11.4. The zero-order valence-corrected chi connectivity index (χ0v) is 30.9. The smallest absolute Gasteiger partial charge is 0.423 e. The molecule has 0 aliphatic rings. The molecule has 4 N–H and O–H groups in total. The van der Waals surface area contributed by atoms with Gasteiger partial charge in [0.05, 0.1) is 17.1 Å². The predicted molar refractivity (Wildman–Crippen MR) is 203 cm³/mol. The Morgan fingerprint density at radius 1 is 0.685 bits per heavy atom. The van der Waals surface area contributed by atoms with Crippen molar-refractivity contribution in [2.24, 2.45) is 0 Å². The van der Waals surface area contributed by atoms with E-state index in [9.17, 15) is 19.2 Å². The molecule has 0 saturated carbocycles. The molecule has 0 fully saturated rings. The van der Waals surface area contributed by atoms with Crippen LogP contribution in [0.25, 0.3) is 23.2 Å². The maximum atomic E-state index is 11.4. The molecule has 18 heteroatoms. The van der Waals surface area contributed by atoms with Crippen LogP contribution >= 0.6 is 11.6 Å². The predicted octanol–water partition coefficient (Wildman–Crippen LogP) is 3.79. The minimum Gasteiger partial charge on any atom is -0.423 e. The van der Waals surface area contributed by atoms with Crippen molar-refractivity contribution < 1.29 is 29.2 Å². The van der Waals surface area contributed by atoms with Crippen molar-refractivity contribution >= 4 is 60.2 Å². The second-order valence-corrected chi connectivity index (χ2v) is 12.1. The molecule has 0 aliphatic carbocycles. The van der Waals surface area contributed by atoms with Gasteiger partial charge in [0.1, 0.15) is 29.4 Å². The van der Waals surface area contributed by atoms with Crippen LogP contribution in [0.4, 0.5) is 11.6 Å². The van der Waals surface area contributed by atoms with E-state index in [0.29, 0.717) is 52.1 Å². The maximum Gasteiger partial charge on any atom is 0.488 e. The van der Waals surface area contributed by atoms with Gasteiger partial charge in [0.2, 0.25) is 11.8 Å². The van der Waals surface area contributed by atoms with Crippen LogP contribution in [0.3, 0.4) is 0 Å². The summed E-state index contributed by atoms with van der Waals surface area (Å²) in [5.41, 5.74) is 6.13. The van der Waals surface area contributed by atoms with Crippen LogP contribution in [0.5, 0.6) is 0 Å². The number of aldehydes is 2. The number of hydrogen-bond acceptors (Lipinski definition) is 12. The lowest BCUT2D eigenvalue weighted by Crippen LogP contribution is -2.29. The molecule has 0 aliphatic heterocycles. The van der Waals surface area contributed by atoms with Crippen molar-refractivity contribution in [3.05, 3.63) is 112 Å². The number of hydrogen-bond donors (Lipinski definition) is 4. The monoisotopic (exact) mass is 750 g/mol. The van der Waals surface area contributed by atoms with E-state index in [-0.39, 0.29) is 17.0 Å². The lowest BCUT2D eigenvalue weighted by Gasteiger charge is -2.10. The SMILES string of the molecule is CC(=O)Nc1cc(-c2cccc(C=O)c2)nc(-n2nc(C)cc2C)n1.CC(=O)Nc1cc(Cl)nc(-n2nc(C)cc2C)n1.O=Cc1cccc(B(O)O)c1. The van der Waals surface area contributed by atoms with E-state index in [1.54, 1.807) is 45.8 Å². The van der Waals surface area contributed by atoms with Crippen LogP contribution in [-0.4, -0.2) is 81.1 Å². The summed E-state index contributed by atoms with van der Waals surface area (Å²) in [7, 11) is -1.50. The van der Waals surface area contributed by atoms with Gasteiger partial charge >= 0.3 is 7.12 Å². The number of carbonyl (C=O) groups is 4. The summed E-state index contributed by atoms with van der Waals surface area (Å²) in [5.74, 6) is 0.955. The van der Waals surface area contributed by atoms with E-state index in [4.69, 9.17) is 21.6 Å². The van der Waals surface area contributed by atoms with E-state index in [2.05, 4.69) is 40.8 Å². The number of amides is 2. The van der Waals surface area contributed by atoms with Gasteiger partial charge in [-0.25, -0.2) is 14.3 Å². The molecule has 4 aromatic heterocycles. The molecule has 0 radical (unpaired) electrons. The van der Waals surface area contributed by atoms with E-state index in [1.165, 1.54) is 32.0 Å². The highest BCUT2D eigenvalue weighted by Crippen LogP contribution is 2.23. The number of benzene rings is 2. The number of halogens is 1. The third kappa shape index (κ3) is 11.3. The lowest BCUT2D eigenvalue weighted by molar-refractivity contribution is -0.115. The minimum absolute atomic E-state index is 0.218. The zero-order valence-electron chi connectivity index (χ0n) is 30.1. The molecule has 6 rings (SSSR count). The second-order valence-electron chi connectivity index (χ2n) is 11.8. The van der Waals surface area contributed by atoms with Crippen molar-refractivity contribution in [1.82, 2.24) is 39.5 Å². The Morgan fingerprint density at radius 3 is 1.67 bits per heavy atom. The molecule has 4 heterocycles. The van der Waals surface area contributed by atoms with Crippen molar-refractivity contribution in [2.45, 2.75) is 41.5 Å². The molecule has 276 valence electrons. The molecule has 0 unspecified atom stereocenters. The highest BCUT2D eigenvalue weighted by atomic mass is 35.5. The van der Waals surface area contributed by atoms with Crippen molar-refractivity contribution in [3.8, 4) is 23.2 Å². The van der Waals surface area contributed by atoms with Crippen molar-refractivity contribution in [1.29, 1.82) is 0 Å². The van der Waals surface area contributed by atoms with Gasteiger partial charge in [-0.2, -0.15) is 25.1 Å². The highest BCUT2D eigenvalue weighted by molar-refractivity contribution is 6.58. The van der Waals surface area contributed by atoms with Crippen LogP contribution in [0, 0.1) is 27.7 Å². The average molecular weight is 751 g/mol. The number of nitrogens with zero attached hydrogens (tertiary/aromatic N) is 8. The second kappa shape index (κ2) is 18.4. The summed E-state index contributed by atoms with van der Waals surface area (Å²) in [4.78, 5) is 60.9. The van der Waals surface area contributed by atoms with Gasteiger partial charge in [-0.1, -0.05) is 54.1 Å². The third-order valence-corrected chi connectivity index (χ3v) is 7.26. The van der Waals surface area contributed by atoms with Crippen LogP contribution in [-0.2, 0) is 9.59 Å². The molecule has 6 aromatic rings. The number of anilines is 2. The number of nitrogens with one attached hydrogen (secondary N) is 2. The Kier molecular flexibility index (Phi) is 13.7. The fourth-order valence-corrected chi connectivity index (χ4v) is 5.07. The number of carbonyl (C=O) groups excluding carboxylic acids is 4. The topological polar surface area (TPSA) is 220 Å². The Labute approximate surface area is 315 Å². The van der Waals surface area contributed by atoms with Crippen LogP contribution < -0.4 is 16.1 Å². The van der Waals surface area contributed by atoms with E-state index < -0.39 is 7.12 Å².